The fourth-order valence-corrected chi connectivity index (χ4v) is 13.4. The molecule has 0 saturated carbocycles. The number of benzene rings is 11. The molecule has 0 N–H and O–H groups in total. The Kier molecular flexibility index (Phi) is 10.3. The fourth-order valence-electron chi connectivity index (χ4n) is 13.4. The van der Waals surface area contributed by atoms with Crippen LogP contribution in [0.2, 0.25) is 0 Å². The summed E-state index contributed by atoms with van der Waals surface area (Å²) < 4.78 is 4.71. The van der Waals surface area contributed by atoms with Crippen LogP contribution in [-0.2, 0) is 0 Å². The van der Waals surface area contributed by atoms with Crippen molar-refractivity contribution in [1.82, 2.24) is 29.1 Å². The molecule has 0 spiro atoms. The molecule has 4 heterocycles. The molecule has 11 aromatic carbocycles. The summed E-state index contributed by atoms with van der Waals surface area (Å²) >= 11 is 0. The van der Waals surface area contributed by atoms with E-state index in [0.717, 1.165) is 78.6 Å². The van der Waals surface area contributed by atoms with Crippen molar-refractivity contribution < 1.29 is 0 Å². The summed E-state index contributed by atoms with van der Waals surface area (Å²) in [5, 5.41) is 4.77. The summed E-state index contributed by atoms with van der Waals surface area (Å²) in [5.74, 6) is 1.46. The van der Waals surface area contributed by atoms with E-state index in [1.165, 1.54) is 66.0 Å². The molecule has 6 nitrogen and oxygen atoms in total. The molecule has 2 atom stereocenters. The minimum Gasteiger partial charge on any atom is -0.309 e. The molecule has 2 bridgehead atoms. The lowest BCUT2D eigenvalue weighted by atomic mass is 9.60. The molecule has 82 heavy (non-hydrogen) atoms. The van der Waals surface area contributed by atoms with E-state index in [1.807, 2.05) is 12.1 Å². The Morgan fingerprint density at radius 1 is 0.220 bits per heavy atom. The molecule has 6 heteroatoms. The van der Waals surface area contributed by atoms with E-state index < -0.39 is 0 Å². The van der Waals surface area contributed by atoms with Crippen LogP contribution in [0.15, 0.2) is 279 Å². The normalized spacial score (nSPS) is 14.1. The average molecular weight is 1050 g/mol. The molecule has 18 rings (SSSR count). The summed E-state index contributed by atoms with van der Waals surface area (Å²) in [5.41, 5.74) is 24.6. The van der Waals surface area contributed by atoms with E-state index >= 15 is 0 Å². The van der Waals surface area contributed by atoms with Crippen LogP contribution in [0.1, 0.15) is 45.2 Å². The van der Waals surface area contributed by atoms with E-state index in [-0.39, 0.29) is 11.8 Å². The number of hydrogen-bond donors (Lipinski definition) is 0. The lowest BCUT2D eigenvalue weighted by Gasteiger charge is -2.42. The summed E-state index contributed by atoms with van der Waals surface area (Å²) in [4.78, 5) is 21.4. The van der Waals surface area contributed by atoms with Crippen molar-refractivity contribution >= 4 is 43.6 Å². The van der Waals surface area contributed by atoms with Crippen LogP contribution in [0.3, 0.4) is 0 Å². The highest BCUT2D eigenvalue weighted by Gasteiger charge is 2.41. The van der Waals surface area contributed by atoms with Gasteiger partial charge in [-0.2, -0.15) is 0 Å². The third-order valence-corrected chi connectivity index (χ3v) is 17.1. The SMILES string of the molecule is c1ccc(-c2nc(-c3ccc4c(c3)C3c5ccccc5C4c4cc(-c5cc(-c6ccc7c(c6)c6ccccc6n7-c6ccccc6)nc(-c6ccccc6)n5)ccc43)cc(-c3ccc4c(c3)c3ccccc3n4-c3ccccc3)n2)cc1. The molecular formula is C76H48N6. The molecule has 0 amide bonds. The zero-order valence-corrected chi connectivity index (χ0v) is 44.4. The number of fused-ring (bicyclic) bond motifs is 6. The Morgan fingerprint density at radius 3 is 0.951 bits per heavy atom. The van der Waals surface area contributed by atoms with Crippen molar-refractivity contribution in [1.29, 1.82) is 0 Å². The van der Waals surface area contributed by atoms with Crippen LogP contribution in [0.5, 0.6) is 0 Å². The first-order chi connectivity index (χ1) is 40.6. The zero-order valence-electron chi connectivity index (χ0n) is 44.4. The molecule has 3 aliphatic rings. The van der Waals surface area contributed by atoms with E-state index in [1.54, 1.807) is 0 Å². The number of para-hydroxylation sites is 4. The van der Waals surface area contributed by atoms with Crippen LogP contribution < -0.4 is 0 Å². The van der Waals surface area contributed by atoms with Crippen LogP contribution in [-0.4, -0.2) is 29.1 Å². The van der Waals surface area contributed by atoms with Gasteiger partial charge in [0.25, 0.3) is 0 Å². The quantitative estimate of drug-likeness (QED) is 0.152. The van der Waals surface area contributed by atoms with Gasteiger partial charge in [-0.15, -0.1) is 0 Å². The Bertz CT molecular complexity index is 4720. The molecular weight excluding hydrogens is 997 g/mol. The highest BCUT2D eigenvalue weighted by molar-refractivity contribution is 6.11. The van der Waals surface area contributed by atoms with Gasteiger partial charge in [0.2, 0.25) is 0 Å². The van der Waals surface area contributed by atoms with E-state index in [0.29, 0.717) is 11.6 Å². The second-order valence-electron chi connectivity index (χ2n) is 21.7. The molecule has 0 radical (unpaired) electrons. The minimum absolute atomic E-state index is 0.0324. The van der Waals surface area contributed by atoms with Crippen LogP contribution in [0, 0.1) is 0 Å². The van der Waals surface area contributed by atoms with E-state index in [9.17, 15) is 0 Å². The summed E-state index contributed by atoms with van der Waals surface area (Å²) in [7, 11) is 0. The number of aromatic nitrogens is 6. The minimum atomic E-state index is 0.0324. The zero-order chi connectivity index (χ0) is 53.8. The van der Waals surface area contributed by atoms with Crippen molar-refractivity contribution in [2.45, 2.75) is 11.8 Å². The maximum absolute atomic E-state index is 5.37. The molecule has 0 fully saturated rings. The monoisotopic (exact) mass is 1040 g/mol. The molecule has 4 aromatic heterocycles. The van der Waals surface area contributed by atoms with Gasteiger partial charge >= 0.3 is 0 Å². The van der Waals surface area contributed by atoms with Gasteiger partial charge < -0.3 is 9.13 Å². The van der Waals surface area contributed by atoms with Gasteiger partial charge in [0.15, 0.2) is 11.6 Å². The first kappa shape index (κ1) is 46.1. The van der Waals surface area contributed by atoms with Crippen molar-refractivity contribution in [3.63, 3.8) is 0 Å². The van der Waals surface area contributed by atoms with Crippen molar-refractivity contribution in [2.75, 3.05) is 0 Å². The second-order valence-corrected chi connectivity index (χ2v) is 21.7. The number of rotatable bonds is 8. The van der Waals surface area contributed by atoms with Gasteiger partial charge in [0.1, 0.15) is 0 Å². The van der Waals surface area contributed by atoms with Crippen LogP contribution in [0.25, 0.3) is 123 Å². The molecule has 15 aromatic rings. The largest absolute Gasteiger partial charge is 0.309 e. The fraction of sp³-hybridized carbons (Fsp3) is 0.0263. The lowest BCUT2D eigenvalue weighted by molar-refractivity contribution is 0.755. The Morgan fingerprint density at radius 2 is 0.537 bits per heavy atom. The molecule has 0 saturated heterocycles. The smallest absolute Gasteiger partial charge is 0.160 e. The Hall–Kier alpha value is -10.8. The third-order valence-electron chi connectivity index (χ3n) is 17.1. The van der Waals surface area contributed by atoms with Gasteiger partial charge in [0.05, 0.1) is 44.8 Å². The van der Waals surface area contributed by atoms with Gasteiger partial charge in [0, 0.05) is 78.1 Å². The van der Waals surface area contributed by atoms with Gasteiger partial charge in [-0.05, 0) is 118 Å². The predicted molar refractivity (Wildman–Crippen MR) is 334 cm³/mol. The second kappa shape index (κ2) is 18.4. The van der Waals surface area contributed by atoms with E-state index in [2.05, 4.69) is 276 Å². The highest BCUT2D eigenvalue weighted by Crippen LogP contribution is 2.57. The topological polar surface area (TPSA) is 61.4 Å². The predicted octanol–water partition coefficient (Wildman–Crippen LogP) is 18.4. The van der Waals surface area contributed by atoms with Crippen molar-refractivity contribution in [3.8, 4) is 79.2 Å². The molecule has 2 unspecified atom stereocenters. The highest BCUT2D eigenvalue weighted by atomic mass is 15.0. The third kappa shape index (κ3) is 7.28. The van der Waals surface area contributed by atoms with Crippen LogP contribution in [0.4, 0.5) is 0 Å². The maximum atomic E-state index is 5.37. The summed E-state index contributed by atoms with van der Waals surface area (Å²) in [6.45, 7) is 0. The summed E-state index contributed by atoms with van der Waals surface area (Å²) in [6.07, 6.45) is 0. The Labute approximate surface area is 473 Å². The molecule has 3 aliphatic carbocycles. The Balaban J connectivity index is 0.783. The molecule has 0 aliphatic heterocycles. The standard InChI is InChI=1S/C76H48N6/c1-5-19-47(20-6-1)75-77-65(45-67(79-75)51-35-39-71-61(41-51)55-27-15-17-31-69(55)81(71)53-23-9-3-10-24-53)49-33-37-59-63(43-49)73-57-29-13-14-30-58(57)74(59)64-44-50(34-38-60(64)73)66-46-68(80-76(78-66)48-21-7-2-8-22-48)52-36-40-72-62(42-52)56-28-16-18-32-70(56)82(72)54-25-11-4-12-26-54/h1-46,73-74H. The first-order valence-corrected chi connectivity index (χ1v) is 28.1. The van der Waals surface area contributed by atoms with Crippen LogP contribution >= 0.6 is 0 Å². The number of nitrogens with zero attached hydrogens (tertiary/aromatic N) is 6. The van der Waals surface area contributed by atoms with Crippen molar-refractivity contribution in [3.05, 3.63) is 312 Å². The first-order valence-electron chi connectivity index (χ1n) is 28.1. The number of hydrogen-bond acceptors (Lipinski definition) is 4. The average Bonchev–Trinajstić information content (AvgIpc) is 1.91. The van der Waals surface area contributed by atoms with Gasteiger partial charge in [-0.3, -0.25) is 0 Å². The van der Waals surface area contributed by atoms with Gasteiger partial charge in [-0.1, -0.05) is 194 Å². The molecule has 382 valence electrons. The van der Waals surface area contributed by atoms with Crippen molar-refractivity contribution in [2.24, 2.45) is 0 Å². The van der Waals surface area contributed by atoms with Gasteiger partial charge in [-0.25, -0.2) is 19.9 Å². The summed E-state index contributed by atoms with van der Waals surface area (Å²) in [6, 6.07) is 100. The maximum Gasteiger partial charge on any atom is 0.160 e. The lowest BCUT2D eigenvalue weighted by Crippen LogP contribution is -2.27. The van der Waals surface area contributed by atoms with E-state index in [4.69, 9.17) is 19.9 Å².